The van der Waals surface area contributed by atoms with E-state index in [0.717, 1.165) is 44.2 Å². The predicted molar refractivity (Wildman–Crippen MR) is 160 cm³/mol. The Labute approximate surface area is 240 Å². The molecule has 0 aromatic heterocycles. The number of carbonyl (C=O) groups excluding carboxylic acids is 2. The molecule has 40 heavy (non-hydrogen) atoms. The van der Waals surface area contributed by atoms with Crippen molar-refractivity contribution in [3.63, 3.8) is 0 Å². The van der Waals surface area contributed by atoms with Gasteiger partial charge in [-0.05, 0) is 101 Å². The molecule has 0 saturated heterocycles. The van der Waals surface area contributed by atoms with Gasteiger partial charge in [-0.2, -0.15) is 0 Å². The van der Waals surface area contributed by atoms with Crippen molar-refractivity contribution in [3.8, 4) is 0 Å². The van der Waals surface area contributed by atoms with Crippen molar-refractivity contribution in [3.05, 3.63) is 76.9 Å². The normalized spacial score (nSPS) is 22.9. The molecule has 216 valence electrons. The van der Waals surface area contributed by atoms with Crippen LogP contribution >= 0.6 is 0 Å². The van der Waals surface area contributed by atoms with E-state index in [1.54, 1.807) is 17.7 Å². The van der Waals surface area contributed by atoms with Crippen LogP contribution in [0.2, 0.25) is 0 Å². The molecule has 1 amide bonds. The van der Waals surface area contributed by atoms with E-state index in [4.69, 9.17) is 9.47 Å². The average Bonchev–Trinajstić information content (AvgIpc) is 3.73. The molecule has 1 N–H and O–H groups in total. The van der Waals surface area contributed by atoms with Crippen LogP contribution in [0.5, 0.6) is 0 Å². The van der Waals surface area contributed by atoms with Crippen LogP contribution in [0.4, 0.5) is 4.79 Å². The second kappa shape index (κ2) is 13.5. The highest BCUT2D eigenvalue weighted by molar-refractivity contribution is 5.89. The maximum absolute atomic E-state index is 13.3. The topological polar surface area (TPSA) is 67.9 Å². The zero-order valence-corrected chi connectivity index (χ0v) is 24.8. The van der Waals surface area contributed by atoms with Crippen LogP contribution in [-0.2, 0) is 16.0 Å². The third kappa shape index (κ3) is 8.44. The summed E-state index contributed by atoms with van der Waals surface area (Å²) in [5.74, 6) is 0.911. The molecule has 6 nitrogen and oxygen atoms in total. The van der Waals surface area contributed by atoms with E-state index in [9.17, 15) is 9.59 Å². The summed E-state index contributed by atoms with van der Waals surface area (Å²) in [6, 6.07) is 18.6. The molecule has 4 rings (SSSR count). The summed E-state index contributed by atoms with van der Waals surface area (Å²) >= 11 is 0. The van der Waals surface area contributed by atoms with Gasteiger partial charge in [0.1, 0.15) is 5.60 Å². The molecule has 0 heterocycles. The van der Waals surface area contributed by atoms with Gasteiger partial charge in [-0.15, -0.1) is 0 Å². The van der Waals surface area contributed by atoms with Gasteiger partial charge in [0.15, 0.2) is 0 Å². The number of carbonyl (C=O) groups is 2. The minimum atomic E-state index is -0.557. The fourth-order valence-corrected chi connectivity index (χ4v) is 5.77. The van der Waals surface area contributed by atoms with Gasteiger partial charge in [0.2, 0.25) is 0 Å². The first-order valence-electron chi connectivity index (χ1n) is 14.8. The molecule has 2 aliphatic rings. The number of ether oxygens (including phenoxy) is 2. The van der Waals surface area contributed by atoms with Gasteiger partial charge < -0.3 is 19.7 Å². The number of rotatable bonds is 10. The SMILES string of the molecule is CCC(=Cc1ccccc1)C1C[C@@H]1NCC1CCC(N(Cc2ccc(C(=O)OC)cc2)C(=O)OC(C)(C)C)CC1. The van der Waals surface area contributed by atoms with E-state index < -0.39 is 5.60 Å². The predicted octanol–water partition coefficient (Wildman–Crippen LogP) is 7.24. The molecule has 0 aliphatic heterocycles. The highest BCUT2D eigenvalue weighted by Gasteiger charge is 2.39. The maximum Gasteiger partial charge on any atom is 0.410 e. The summed E-state index contributed by atoms with van der Waals surface area (Å²) in [5, 5.41) is 3.85. The van der Waals surface area contributed by atoms with Gasteiger partial charge in [0, 0.05) is 18.6 Å². The van der Waals surface area contributed by atoms with Gasteiger partial charge in [-0.1, -0.05) is 61.0 Å². The van der Waals surface area contributed by atoms with E-state index in [1.807, 2.05) is 37.8 Å². The summed E-state index contributed by atoms with van der Waals surface area (Å²) in [4.78, 5) is 27.0. The molecule has 2 saturated carbocycles. The zero-order chi connectivity index (χ0) is 28.7. The lowest BCUT2D eigenvalue weighted by Gasteiger charge is -2.38. The molecule has 0 radical (unpaired) electrons. The van der Waals surface area contributed by atoms with Crippen molar-refractivity contribution in [2.45, 2.75) is 90.4 Å². The molecule has 2 aliphatic carbocycles. The van der Waals surface area contributed by atoms with E-state index in [-0.39, 0.29) is 18.1 Å². The average molecular weight is 547 g/mol. The maximum atomic E-state index is 13.3. The van der Waals surface area contributed by atoms with Crippen LogP contribution in [0.3, 0.4) is 0 Å². The number of amides is 1. The summed E-state index contributed by atoms with van der Waals surface area (Å²) in [7, 11) is 1.38. The summed E-state index contributed by atoms with van der Waals surface area (Å²) in [6.07, 6.45) is 8.53. The first-order chi connectivity index (χ1) is 19.2. The van der Waals surface area contributed by atoms with Crippen molar-refractivity contribution < 1.29 is 19.1 Å². The van der Waals surface area contributed by atoms with Crippen LogP contribution < -0.4 is 5.32 Å². The molecule has 6 heteroatoms. The van der Waals surface area contributed by atoms with Crippen LogP contribution in [0.15, 0.2) is 60.2 Å². The minimum Gasteiger partial charge on any atom is -0.465 e. The molecular formula is C34H46N2O4. The largest absolute Gasteiger partial charge is 0.465 e. The number of benzene rings is 2. The summed E-state index contributed by atoms with van der Waals surface area (Å²) in [5.41, 5.74) is 3.75. The summed E-state index contributed by atoms with van der Waals surface area (Å²) in [6.45, 7) is 9.47. The molecule has 0 bridgehead atoms. The Hall–Kier alpha value is -3.12. The Morgan fingerprint density at radius 1 is 1.00 bits per heavy atom. The van der Waals surface area contributed by atoms with Gasteiger partial charge in [0.05, 0.1) is 12.7 Å². The van der Waals surface area contributed by atoms with Crippen molar-refractivity contribution >= 4 is 18.1 Å². The van der Waals surface area contributed by atoms with E-state index >= 15 is 0 Å². The Bertz CT molecular complexity index is 1140. The zero-order valence-electron chi connectivity index (χ0n) is 24.8. The van der Waals surface area contributed by atoms with E-state index in [0.29, 0.717) is 30.0 Å². The van der Waals surface area contributed by atoms with Crippen LogP contribution in [0, 0.1) is 11.8 Å². The van der Waals surface area contributed by atoms with Gasteiger partial charge in [-0.25, -0.2) is 9.59 Å². The third-order valence-electron chi connectivity index (χ3n) is 8.11. The summed E-state index contributed by atoms with van der Waals surface area (Å²) < 4.78 is 10.6. The molecule has 2 fully saturated rings. The molecular weight excluding hydrogens is 500 g/mol. The number of hydrogen-bond acceptors (Lipinski definition) is 5. The second-order valence-electron chi connectivity index (χ2n) is 12.3. The Kier molecular flexibility index (Phi) is 10.1. The van der Waals surface area contributed by atoms with Crippen molar-refractivity contribution in [1.82, 2.24) is 10.2 Å². The number of methoxy groups -OCH3 is 1. The fraction of sp³-hybridized carbons (Fsp3) is 0.529. The van der Waals surface area contributed by atoms with Crippen LogP contribution in [0.1, 0.15) is 87.7 Å². The van der Waals surface area contributed by atoms with Gasteiger partial charge >= 0.3 is 12.1 Å². The van der Waals surface area contributed by atoms with Gasteiger partial charge in [-0.3, -0.25) is 0 Å². The Morgan fingerprint density at radius 2 is 1.68 bits per heavy atom. The van der Waals surface area contributed by atoms with Gasteiger partial charge in [0.25, 0.3) is 0 Å². The number of hydrogen-bond donors (Lipinski definition) is 1. The smallest absolute Gasteiger partial charge is 0.410 e. The first-order valence-corrected chi connectivity index (χ1v) is 14.8. The first kappa shape index (κ1) is 29.9. The van der Waals surface area contributed by atoms with Crippen LogP contribution in [-0.4, -0.2) is 48.3 Å². The number of esters is 1. The highest BCUT2D eigenvalue weighted by Crippen LogP contribution is 2.40. The van der Waals surface area contributed by atoms with Crippen molar-refractivity contribution in [2.75, 3.05) is 13.7 Å². The lowest BCUT2D eigenvalue weighted by atomic mass is 9.85. The van der Waals surface area contributed by atoms with Crippen LogP contribution in [0.25, 0.3) is 6.08 Å². The minimum absolute atomic E-state index is 0.139. The van der Waals surface area contributed by atoms with Crippen molar-refractivity contribution in [1.29, 1.82) is 0 Å². The Morgan fingerprint density at radius 3 is 2.27 bits per heavy atom. The quantitative estimate of drug-likeness (QED) is 0.318. The molecule has 2 atom stereocenters. The molecule has 2 aromatic carbocycles. The molecule has 1 unspecified atom stereocenters. The number of nitrogens with zero attached hydrogens (tertiary/aromatic N) is 1. The molecule has 0 spiro atoms. The van der Waals surface area contributed by atoms with E-state index in [2.05, 4.69) is 48.6 Å². The van der Waals surface area contributed by atoms with Crippen molar-refractivity contribution in [2.24, 2.45) is 11.8 Å². The standard InChI is InChI=1S/C34H46N2O4/c1-6-27(20-24-10-8-7-9-11-24)30-21-31(30)35-22-25-14-18-29(19-15-25)36(33(38)40-34(2,3)4)23-26-12-16-28(17-13-26)32(37)39-5/h7-13,16-17,20,25,29-31,35H,6,14-15,18-19,21-23H2,1-5H3/t25?,29?,30?,31-/m0/s1. The molecule has 2 aromatic rings. The number of nitrogens with one attached hydrogen (secondary N) is 1. The Balaban J connectivity index is 1.30. The third-order valence-corrected chi connectivity index (χ3v) is 8.11. The fourth-order valence-electron chi connectivity index (χ4n) is 5.77. The second-order valence-corrected chi connectivity index (χ2v) is 12.3. The van der Waals surface area contributed by atoms with E-state index in [1.165, 1.54) is 19.1 Å². The lowest BCUT2D eigenvalue weighted by molar-refractivity contribution is 0.00796. The highest BCUT2D eigenvalue weighted by atomic mass is 16.6. The lowest BCUT2D eigenvalue weighted by Crippen LogP contribution is -2.45. The monoisotopic (exact) mass is 546 g/mol.